The molecule has 0 spiro atoms. The Labute approximate surface area is 204 Å². The summed E-state index contributed by atoms with van der Waals surface area (Å²) in [5.74, 6) is -0.788. The quantitative estimate of drug-likeness (QED) is 0.286. The molecule has 2 aromatic rings. The van der Waals surface area contributed by atoms with Crippen LogP contribution in [-0.2, 0) is 37.1 Å². The molecule has 0 heterocycles. The highest BCUT2D eigenvalue weighted by molar-refractivity contribution is 5.73. The zero-order valence-electron chi connectivity index (χ0n) is 20.7. The van der Waals surface area contributed by atoms with Crippen molar-refractivity contribution in [3.8, 4) is 0 Å². The summed E-state index contributed by atoms with van der Waals surface area (Å²) in [6.07, 6.45) is -1.74. The van der Waals surface area contributed by atoms with Gasteiger partial charge in [0.1, 0.15) is 29.3 Å². The molecular formula is C25H31FN2O7. The topological polar surface area (TPSA) is 94.6 Å². The second-order valence-electron chi connectivity index (χ2n) is 9.55. The van der Waals surface area contributed by atoms with Crippen molar-refractivity contribution in [3.63, 3.8) is 0 Å². The molecule has 0 aromatic heterocycles. The van der Waals surface area contributed by atoms with Gasteiger partial charge in [-0.25, -0.2) is 14.0 Å². The maximum Gasteiger partial charge on any atom is 0.534 e. The Kier molecular flexibility index (Phi) is 9.18. The molecule has 0 radical (unpaired) electrons. The summed E-state index contributed by atoms with van der Waals surface area (Å²) in [4.78, 5) is 46.7. The first kappa shape index (κ1) is 27.6. The lowest BCUT2D eigenvalue weighted by molar-refractivity contribution is -0.140. The minimum Gasteiger partial charge on any atom is -0.442 e. The minimum atomic E-state index is -1.12. The number of halogens is 1. The van der Waals surface area contributed by atoms with Gasteiger partial charge >= 0.3 is 12.2 Å². The van der Waals surface area contributed by atoms with E-state index in [-0.39, 0.29) is 24.4 Å². The van der Waals surface area contributed by atoms with Crippen molar-refractivity contribution >= 4 is 24.3 Å². The zero-order valence-corrected chi connectivity index (χ0v) is 20.7. The van der Waals surface area contributed by atoms with Crippen molar-refractivity contribution in [3.05, 3.63) is 65.5 Å². The number of rotatable bonds is 7. The van der Waals surface area contributed by atoms with Crippen molar-refractivity contribution in [2.75, 3.05) is 5.06 Å². The van der Waals surface area contributed by atoms with Crippen molar-refractivity contribution in [2.45, 2.75) is 65.9 Å². The van der Waals surface area contributed by atoms with Gasteiger partial charge in [0.25, 0.3) is 0 Å². The van der Waals surface area contributed by atoms with Gasteiger partial charge in [0.05, 0.1) is 6.54 Å². The number of anilines is 1. The molecule has 0 bridgehead atoms. The Morgan fingerprint density at radius 3 is 2.09 bits per heavy atom. The van der Waals surface area contributed by atoms with E-state index in [0.29, 0.717) is 11.5 Å². The van der Waals surface area contributed by atoms with Crippen LogP contribution in [0.1, 0.15) is 52.7 Å². The van der Waals surface area contributed by atoms with Crippen LogP contribution in [0.2, 0.25) is 0 Å². The molecule has 0 atom stereocenters. The first-order chi connectivity index (χ1) is 16.3. The summed E-state index contributed by atoms with van der Waals surface area (Å²) in [5, 5.41) is 1.41. The number of ether oxygens (including phenoxy) is 2. The van der Waals surface area contributed by atoms with Crippen LogP contribution in [-0.4, -0.2) is 34.9 Å². The van der Waals surface area contributed by atoms with Crippen LogP contribution >= 0.6 is 0 Å². The van der Waals surface area contributed by atoms with Crippen molar-refractivity contribution in [1.82, 2.24) is 5.06 Å². The highest BCUT2D eigenvalue weighted by atomic mass is 19.1. The van der Waals surface area contributed by atoms with Gasteiger partial charge in [-0.15, -0.1) is 5.06 Å². The second kappa shape index (κ2) is 11.7. The monoisotopic (exact) mass is 490 g/mol. The van der Waals surface area contributed by atoms with Crippen LogP contribution in [0.4, 0.5) is 19.7 Å². The predicted molar refractivity (Wildman–Crippen MR) is 125 cm³/mol. The minimum absolute atomic E-state index is 0.0525. The average Bonchev–Trinajstić information content (AvgIpc) is 2.73. The Morgan fingerprint density at radius 2 is 1.54 bits per heavy atom. The average molecular weight is 491 g/mol. The van der Waals surface area contributed by atoms with E-state index in [1.54, 1.807) is 53.7 Å². The molecule has 190 valence electrons. The lowest BCUT2D eigenvalue weighted by Gasteiger charge is -2.27. The van der Waals surface area contributed by atoms with Crippen molar-refractivity contribution in [2.24, 2.45) is 0 Å². The Bertz CT molecular complexity index is 1020. The Morgan fingerprint density at radius 1 is 0.914 bits per heavy atom. The normalized spacial score (nSPS) is 11.4. The number of carbonyl (C=O) groups is 3. The van der Waals surface area contributed by atoms with Gasteiger partial charge in [-0.3, -0.25) is 14.5 Å². The van der Waals surface area contributed by atoms with Gasteiger partial charge in [-0.2, -0.15) is 5.06 Å². The van der Waals surface area contributed by atoms with E-state index in [4.69, 9.17) is 19.1 Å². The highest BCUT2D eigenvalue weighted by Crippen LogP contribution is 2.23. The summed E-state index contributed by atoms with van der Waals surface area (Å²) in [6, 6.07) is 12.9. The lowest BCUT2D eigenvalue weighted by Crippen LogP contribution is -2.39. The fourth-order valence-electron chi connectivity index (χ4n) is 2.67. The maximum absolute atomic E-state index is 14.9. The SMILES string of the molecule is CC(C)(C)OC(=O)ON(Cc1ccc(N(C=O)OCc2ccccc2)c(F)c1)C(=O)OC(C)(C)C. The third kappa shape index (κ3) is 9.62. The van der Waals surface area contributed by atoms with Crippen LogP contribution in [0.5, 0.6) is 0 Å². The standard InChI is InChI=1S/C25H31FN2O7/c1-24(2,3)33-22(30)27(35-23(31)34-25(4,5)6)15-19-12-13-21(20(26)14-19)28(17-29)32-16-18-10-8-7-9-11-18/h7-14,17H,15-16H2,1-6H3. The van der Waals surface area contributed by atoms with Gasteiger partial charge < -0.3 is 9.47 Å². The molecule has 0 N–H and O–H groups in total. The Balaban J connectivity index is 2.17. The molecule has 0 aliphatic carbocycles. The number of benzene rings is 2. The second-order valence-corrected chi connectivity index (χ2v) is 9.55. The molecule has 0 saturated carbocycles. The van der Waals surface area contributed by atoms with E-state index in [9.17, 15) is 18.8 Å². The number of hydrogen-bond donors (Lipinski definition) is 0. The molecule has 2 aromatic carbocycles. The van der Waals surface area contributed by atoms with E-state index in [2.05, 4.69) is 0 Å². The number of amides is 2. The van der Waals surface area contributed by atoms with E-state index >= 15 is 0 Å². The molecule has 0 unspecified atom stereocenters. The third-order valence-corrected chi connectivity index (χ3v) is 4.06. The Hall–Kier alpha value is -3.66. The molecule has 2 amide bonds. The molecule has 0 saturated heterocycles. The summed E-state index contributed by atoms with van der Waals surface area (Å²) >= 11 is 0. The predicted octanol–water partition coefficient (Wildman–Crippen LogP) is 5.52. The summed E-state index contributed by atoms with van der Waals surface area (Å²) in [6.45, 7) is 9.57. The lowest BCUT2D eigenvalue weighted by atomic mass is 10.2. The number of nitrogens with zero attached hydrogens (tertiary/aromatic N) is 2. The fourth-order valence-corrected chi connectivity index (χ4v) is 2.67. The number of hydrogen-bond acceptors (Lipinski definition) is 7. The summed E-state index contributed by atoms with van der Waals surface area (Å²) in [5.41, 5.74) is -0.806. The van der Waals surface area contributed by atoms with Gasteiger partial charge in [0, 0.05) is 0 Å². The molecule has 0 fully saturated rings. The van der Waals surface area contributed by atoms with Gasteiger partial charge in [0.15, 0.2) is 0 Å². The maximum atomic E-state index is 14.9. The zero-order chi connectivity index (χ0) is 26.2. The first-order valence-electron chi connectivity index (χ1n) is 10.9. The largest absolute Gasteiger partial charge is 0.534 e. The third-order valence-electron chi connectivity index (χ3n) is 4.06. The fraction of sp³-hybridized carbons (Fsp3) is 0.400. The van der Waals surface area contributed by atoms with Gasteiger partial charge in [0.2, 0.25) is 6.41 Å². The van der Waals surface area contributed by atoms with E-state index in [0.717, 1.165) is 16.7 Å². The van der Waals surface area contributed by atoms with Crippen molar-refractivity contribution < 1.29 is 37.9 Å². The van der Waals surface area contributed by atoms with E-state index < -0.39 is 29.3 Å². The number of carbonyl (C=O) groups excluding carboxylic acids is 3. The van der Waals surface area contributed by atoms with Crippen LogP contribution in [0.15, 0.2) is 48.5 Å². The molecule has 2 rings (SSSR count). The smallest absolute Gasteiger partial charge is 0.442 e. The highest BCUT2D eigenvalue weighted by Gasteiger charge is 2.28. The first-order valence-corrected chi connectivity index (χ1v) is 10.9. The van der Waals surface area contributed by atoms with Crippen LogP contribution in [0, 0.1) is 5.82 Å². The van der Waals surface area contributed by atoms with Gasteiger partial charge in [-0.05, 0) is 64.8 Å². The summed E-state index contributed by atoms with van der Waals surface area (Å²) < 4.78 is 25.2. The molecule has 35 heavy (non-hydrogen) atoms. The van der Waals surface area contributed by atoms with Crippen LogP contribution in [0.25, 0.3) is 0 Å². The van der Waals surface area contributed by atoms with E-state index in [1.165, 1.54) is 12.1 Å². The van der Waals surface area contributed by atoms with E-state index in [1.807, 2.05) is 18.2 Å². The van der Waals surface area contributed by atoms with Crippen LogP contribution < -0.4 is 5.06 Å². The molecule has 0 aliphatic heterocycles. The van der Waals surface area contributed by atoms with Crippen LogP contribution in [0.3, 0.4) is 0 Å². The van der Waals surface area contributed by atoms with Crippen molar-refractivity contribution in [1.29, 1.82) is 0 Å². The number of hydroxylamine groups is 3. The molecule has 9 nitrogen and oxygen atoms in total. The molecule has 10 heteroatoms. The molecule has 0 aliphatic rings. The van der Waals surface area contributed by atoms with Gasteiger partial charge in [-0.1, -0.05) is 36.4 Å². The summed E-state index contributed by atoms with van der Waals surface area (Å²) in [7, 11) is 0. The molecular weight excluding hydrogens is 459 g/mol.